The van der Waals surface area contributed by atoms with E-state index in [4.69, 9.17) is 0 Å². The Morgan fingerprint density at radius 3 is 2.56 bits per heavy atom. The molecule has 1 aromatic heterocycles. The number of likely N-dealkylation sites (tertiary alicyclic amines) is 1. The summed E-state index contributed by atoms with van der Waals surface area (Å²) in [4.78, 5) is 31.5. The van der Waals surface area contributed by atoms with Crippen LogP contribution in [-0.4, -0.2) is 33.7 Å². The number of nitrogens with zero attached hydrogens (tertiary/aromatic N) is 2. The normalized spacial score (nSPS) is 20.2. The third kappa shape index (κ3) is 1.85. The zero-order valence-corrected chi connectivity index (χ0v) is 9.43. The van der Waals surface area contributed by atoms with Gasteiger partial charge in [-0.15, -0.1) is 0 Å². The zero-order chi connectivity index (χ0) is 11.7. The van der Waals surface area contributed by atoms with Crippen LogP contribution in [0.25, 0.3) is 0 Å². The molecular weight excluding hydrogens is 206 g/mol. The summed E-state index contributed by atoms with van der Waals surface area (Å²) in [5.74, 6) is 0.813. The molecule has 5 nitrogen and oxygen atoms in total. The van der Waals surface area contributed by atoms with Gasteiger partial charge < -0.3 is 4.98 Å². The summed E-state index contributed by atoms with van der Waals surface area (Å²) < 4.78 is 0. The number of amides is 2. The molecule has 0 bridgehead atoms. The smallest absolute Gasteiger partial charge is 0.229 e. The Morgan fingerprint density at radius 2 is 2.06 bits per heavy atom. The molecule has 1 aromatic rings. The molecule has 0 spiro atoms. The number of imidazole rings is 1. The molecule has 86 valence electrons. The number of carbonyl (C=O) groups is 2. The molecule has 1 aliphatic heterocycles. The fraction of sp³-hybridized carbons (Fsp3) is 0.545. The molecule has 0 aromatic carbocycles. The number of imide groups is 1. The summed E-state index contributed by atoms with van der Waals surface area (Å²) in [5.41, 5.74) is 0. The number of rotatable bonds is 2. The molecular formula is C11H15N3O2. The van der Waals surface area contributed by atoms with E-state index in [1.165, 1.54) is 4.90 Å². The number of nitrogens with one attached hydrogen (secondary N) is 1. The van der Waals surface area contributed by atoms with Crippen molar-refractivity contribution < 1.29 is 9.59 Å². The van der Waals surface area contributed by atoms with Crippen molar-refractivity contribution >= 4 is 11.8 Å². The first-order valence-electron chi connectivity index (χ1n) is 5.38. The van der Waals surface area contributed by atoms with Crippen molar-refractivity contribution in [1.82, 2.24) is 14.9 Å². The molecule has 1 saturated heterocycles. The van der Waals surface area contributed by atoms with Gasteiger partial charge in [-0.2, -0.15) is 0 Å². The van der Waals surface area contributed by atoms with E-state index in [0.717, 1.165) is 5.82 Å². The Kier molecular flexibility index (Phi) is 2.77. The van der Waals surface area contributed by atoms with Crippen LogP contribution in [0.5, 0.6) is 0 Å². The average Bonchev–Trinajstić information content (AvgIpc) is 2.77. The van der Waals surface area contributed by atoms with Crippen LogP contribution in [-0.2, 0) is 9.59 Å². The van der Waals surface area contributed by atoms with Crippen molar-refractivity contribution in [3.8, 4) is 0 Å². The molecule has 1 atom stereocenters. The Morgan fingerprint density at radius 1 is 1.44 bits per heavy atom. The van der Waals surface area contributed by atoms with Gasteiger partial charge in [0.1, 0.15) is 5.82 Å². The van der Waals surface area contributed by atoms with Gasteiger partial charge in [0.05, 0.1) is 0 Å². The van der Waals surface area contributed by atoms with Gasteiger partial charge in [-0.05, 0) is 5.92 Å². The minimum Gasteiger partial charge on any atom is -0.348 e. The van der Waals surface area contributed by atoms with Gasteiger partial charge in [0.15, 0.2) is 0 Å². The first-order chi connectivity index (χ1) is 7.59. The van der Waals surface area contributed by atoms with E-state index in [2.05, 4.69) is 9.97 Å². The Balaban J connectivity index is 2.11. The van der Waals surface area contributed by atoms with Crippen LogP contribution in [0.1, 0.15) is 31.5 Å². The number of aromatic amines is 1. The molecule has 0 aliphatic carbocycles. The highest BCUT2D eigenvalue weighted by atomic mass is 16.2. The molecule has 2 amide bonds. The van der Waals surface area contributed by atoms with Crippen molar-refractivity contribution in [3.63, 3.8) is 0 Å². The zero-order valence-electron chi connectivity index (χ0n) is 9.43. The summed E-state index contributed by atoms with van der Waals surface area (Å²) in [6, 6.07) is 0. The number of H-pyrrole nitrogens is 1. The average molecular weight is 221 g/mol. The van der Waals surface area contributed by atoms with Crippen LogP contribution in [0.2, 0.25) is 0 Å². The first kappa shape index (κ1) is 10.9. The van der Waals surface area contributed by atoms with Crippen molar-refractivity contribution in [3.05, 3.63) is 18.2 Å². The lowest BCUT2D eigenvalue weighted by Crippen LogP contribution is -2.41. The summed E-state index contributed by atoms with van der Waals surface area (Å²) in [7, 11) is 1.54. The van der Waals surface area contributed by atoms with Crippen LogP contribution in [0.4, 0.5) is 0 Å². The number of aromatic nitrogens is 2. The second-order valence-electron chi connectivity index (χ2n) is 4.28. The highest BCUT2D eigenvalue weighted by molar-refractivity contribution is 5.97. The second-order valence-corrected chi connectivity index (χ2v) is 4.28. The molecule has 2 heterocycles. The molecule has 1 fully saturated rings. The fourth-order valence-corrected chi connectivity index (χ4v) is 2.04. The highest BCUT2D eigenvalue weighted by Gasteiger charge is 2.34. The largest absolute Gasteiger partial charge is 0.348 e. The van der Waals surface area contributed by atoms with Gasteiger partial charge in [-0.25, -0.2) is 4.98 Å². The first-order valence-corrected chi connectivity index (χ1v) is 5.38. The number of piperidine rings is 1. The van der Waals surface area contributed by atoms with Crippen LogP contribution >= 0.6 is 0 Å². The van der Waals surface area contributed by atoms with E-state index >= 15 is 0 Å². The number of hydrogen-bond acceptors (Lipinski definition) is 3. The summed E-state index contributed by atoms with van der Waals surface area (Å²) in [6.45, 7) is 2.00. The maximum Gasteiger partial charge on any atom is 0.229 e. The fourth-order valence-electron chi connectivity index (χ4n) is 2.04. The van der Waals surface area contributed by atoms with E-state index in [1.54, 1.807) is 19.4 Å². The van der Waals surface area contributed by atoms with Crippen LogP contribution in [0.15, 0.2) is 12.4 Å². The Labute approximate surface area is 93.9 Å². The lowest BCUT2D eigenvalue weighted by molar-refractivity contribution is -0.148. The molecule has 1 N–H and O–H groups in total. The van der Waals surface area contributed by atoms with Gasteiger partial charge in [0.25, 0.3) is 0 Å². The van der Waals surface area contributed by atoms with Crippen molar-refractivity contribution in [2.24, 2.45) is 5.92 Å². The quantitative estimate of drug-likeness (QED) is 0.755. The van der Waals surface area contributed by atoms with Crippen LogP contribution < -0.4 is 0 Å². The van der Waals surface area contributed by atoms with Gasteiger partial charge in [0, 0.05) is 38.2 Å². The van der Waals surface area contributed by atoms with Gasteiger partial charge in [-0.3, -0.25) is 14.5 Å². The lowest BCUT2D eigenvalue weighted by atomic mass is 9.84. The van der Waals surface area contributed by atoms with E-state index in [9.17, 15) is 9.59 Å². The maximum atomic E-state index is 11.6. The summed E-state index contributed by atoms with van der Waals surface area (Å²) in [6.07, 6.45) is 4.28. The Bertz CT molecular complexity index is 381. The predicted molar refractivity (Wildman–Crippen MR) is 57.5 cm³/mol. The van der Waals surface area contributed by atoms with Gasteiger partial charge >= 0.3 is 0 Å². The summed E-state index contributed by atoms with van der Waals surface area (Å²) in [5, 5.41) is 0. The molecule has 1 unspecified atom stereocenters. The molecule has 0 radical (unpaired) electrons. The number of carbonyl (C=O) groups excluding carboxylic acids is 2. The SMILES string of the molecule is CC(c1ncc[nH]1)C1CC(=O)N(C)C(=O)C1. The van der Waals surface area contributed by atoms with Crippen molar-refractivity contribution in [2.45, 2.75) is 25.7 Å². The van der Waals surface area contributed by atoms with E-state index in [-0.39, 0.29) is 23.7 Å². The molecule has 2 rings (SSSR count). The minimum absolute atomic E-state index is 0.0577. The lowest BCUT2D eigenvalue weighted by Gasteiger charge is -2.30. The van der Waals surface area contributed by atoms with E-state index in [0.29, 0.717) is 12.8 Å². The standard InChI is InChI=1S/C11H15N3O2/c1-7(11-12-3-4-13-11)8-5-9(15)14(2)10(16)6-8/h3-4,7-8H,5-6H2,1-2H3,(H,12,13). The molecule has 0 saturated carbocycles. The maximum absolute atomic E-state index is 11.6. The monoisotopic (exact) mass is 221 g/mol. The van der Waals surface area contributed by atoms with E-state index in [1.807, 2.05) is 6.92 Å². The Hall–Kier alpha value is -1.65. The van der Waals surface area contributed by atoms with Crippen molar-refractivity contribution in [2.75, 3.05) is 7.05 Å². The predicted octanol–water partition coefficient (Wildman–Crippen LogP) is 0.908. The second kappa shape index (κ2) is 4.08. The topological polar surface area (TPSA) is 66.1 Å². The van der Waals surface area contributed by atoms with Crippen LogP contribution in [0, 0.1) is 5.92 Å². The molecule has 1 aliphatic rings. The van der Waals surface area contributed by atoms with Crippen molar-refractivity contribution in [1.29, 1.82) is 0 Å². The highest BCUT2D eigenvalue weighted by Crippen LogP contribution is 2.31. The summed E-state index contributed by atoms with van der Waals surface area (Å²) >= 11 is 0. The van der Waals surface area contributed by atoms with Crippen LogP contribution in [0.3, 0.4) is 0 Å². The molecule has 16 heavy (non-hydrogen) atoms. The van der Waals surface area contributed by atoms with Gasteiger partial charge in [-0.1, -0.05) is 6.92 Å². The third-order valence-corrected chi connectivity index (χ3v) is 3.28. The third-order valence-electron chi connectivity index (χ3n) is 3.28. The van der Waals surface area contributed by atoms with Gasteiger partial charge in [0.2, 0.25) is 11.8 Å². The minimum atomic E-state index is -0.0975. The molecule has 5 heteroatoms. The van der Waals surface area contributed by atoms with E-state index < -0.39 is 0 Å². The number of hydrogen-bond donors (Lipinski definition) is 1.